The summed E-state index contributed by atoms with van der Waals surface area (Å²) in [6.07, 6.45) is 2.66. The van der Waals surface area contributed by atoms with Crippen LogP contribution >= 0.6 is 0 Å². The highest BCUT2D eigenvalue weighted by molar-refractivity contribution is 6.00. The van der Waals surface area contributed by atoms with Gasteiger partial charge in [-0.25, -0.2) is 4.79 Å². The summed E-state index contributed by atoms with van der Waals surface area (Å²) >= 11 is 0. The molecule has 0 aliphatic carbocycles. The molecule has 0 unspecified atom stereocenters. The molecule has 1 aromatic carbocycles. The number of esters is 1. The molecule has 140 valence electrons. The fourth-order valence-electron chi connectivity index (χ4n) is 3.27. The number of ether oxygens (including phenoxy) is 1. The summed E-state index contributed by atoms with van der Waals surface area (Å²) < 4.78 is 9.01. The number of ketones is 1. The lowest BCUT2D eigenvalue weighted by molar-refractivity contribution is 0.0465. The fraction of sp³-hybridized carbons (Fsp3) is 0.273. The van der Waals surface area contributed by atoms with Crippen molar-refractivity contribution in [2.75, 3.05) is 6.61 Å². The van der Waals surface area contributed by atoms with Crippen LogP contribution in [0, 0.1) is 13.8 Å². The Morgan fingerprint density at radius 3 is 2.44 bits per heavy atom. The van der Waals surface area contributed by atoms with Crippen molar-refractivity contribution in [2.24, 2.45) is 7.05 Å². The predicted octanol–water partition coefficient (Wildman–Crippen LogP) is 3.73. The van der Waals surface area contributed by atoms with E-state index in [4.69, 9.17) is 4.74 Å². The number of aryl methyl sites for hydroxylation is 3. The summed E-state index contributed by atoms with van der Waals surface area (Å²) in [6, 6.07) is 15.6. The van der Waals surface area contributed by atoms with Gasteiger partial charge in [0.15, 0.2) is 6.61 Å². The zero-order valence-corrected chi connectivity index (χ0v) is 15.9. The van der Waals surface area contributed by atoms with Gasteiger partial charge in [-0.05, 0) is 44.0 Å². The van der Waals surface area contributed by atoms with Crippen LogP contribution in [0.25, 0.3) is 0 Å². The van der Waals surface area contributed by atoms with Gasteiger partial charge < -0.3 is 13.9 Å². The molecule has 0 spiro atoms. The number of nitrogens with zero attached hydrogens (tertiary/aromatic N) is 2. The van der Waals surface area contributed by atoms with Crippen molar-refractivity contribution >= 4 is 11.8 Å². The predicted molar refractivity (Wildman–Crippen MR) is 104 cm³/mol. The molecule has 0 aliphatic heterocycles. The standard InChI is InChI=1S/C22H24N2O3/c1-16-14-19(17(2)24(16)13-11-18-8-5-4-6-9-18)21(25)15-27-22(26)20-10-7-12-23(20)3/h4-10,12,14H,11,13,15H2,1-3H3. The summed E-state index contributed by atoms with van der Waals surface area (Å²) in [5.41, 5.74) is 4.23. The summed E-state index contributed by atoms with van der Waals surface area (Å²) in [5, 5.41) is 0. The molecular weight excluding hydrogens is 340 g/mol. The van der Waals surface area contributed by atoms with Crippen LogP contribution in [0.2, 0.25) is 0 Å². The van der Waals surface area contributed by atoms with Crippen molar-refractivity contribution in [2.45, 2.75) is 26.8 Å². The maximum atomic E-state index is 12.6. The third-order valence-corrected chi connectivity index (χ3v) is 4.83. The van der Waals surface area contributed by atoms with Crippen molar-refractivity contribution in [1.82, 2.24) is 9.13 Å². The molecule has 0 N–H and O–H groups in total. The third kappa shape index (κ3) is 4.19. The zero-order valence-electron chi connectivity index (χ0n) is 15.9. The number of hydrogen-bond donors (Lipinski definition) is 0. The number of hydrogen-bond acceptors (Lipinski definition) is 3. The normalized spacial score (nSPS) is 10.8. The van der Waals surface area contributed by atoms with Crippen LogP contribution in [0.3, 0.4) is 0 Å². The van der Waals surface area contributed by atoms with Crippen LogP contribution in [0.1, 0.15) is 37.8 Å². The molecule has 0 atom stereocenters. The molecule has 5 nitrogen and oxygen atoms in total. The highest BCUT2D eigenvalue weighted by Gasteiger charge is 2.18. The Kier molecular flexibility index (Phi) is 5.60. The molecule has 2 heterocycles. The van der Waals surface area contributed by atoms with E-state index in [9.17, 15) is 9.59 Å². The Morgan fingerprint density at radius 2 is 1.78 bits per heavy atom. The van der Waals surface area contributed by atoms with Crippen molar-refractivity contribution in [3.05, 3.63) is 82.9 Å². The van der Waals surface area contributed by atoms with Crippen LogP contribution in [0.5, 0.6) is 0 Å². The second kappa shape index (κ2) is 8.08. The Hall–Kier alpha value is -3.08. The van der Waals surface area contributed by atoms with Gasteiger partial charge in [0.25, 0.3) is 0 Å². The molecule has 0 radical (unpaired) electrons. The smallest absolute Gasteiger partial charge is 0.355 e. The average Bonchev–Trinajstić information content (AvgIpc) is 3.22. The van der Waals surface area contributed by atoms with Gasteiger partial charge in [-0.2, -0.15) is 0 Å². The summed E-state index contributed by atoms with van der Waals surface area (Å²) in [4.78, 5) is 24.6. The highest BCUT2D eigenvalue weighted by atomic mass is 16.5. The van der Waals surface area contributed by atoms with E-state index in [1.807, 2.05) is 38.1 Å². The maximum Gasteiger partial charge on any atom is 0.355 e. The molecule has 5 heteroatoms. The van der Waals surface area contributed by atoms with Crippen LogP contribution in [0.4, 0.5) is 0 Å². The zero-order chi connectivity index (χ0) is 19.4. The van der Waals surface area contributed by atoms with Crippen LogP contribution in [-0.4, -0.2) is 27.5 Å². The Labute approximate surface area is 159 Å². The highest BCUT2D eigenvalue weighted by Crippen LogP contribution is 2.17. The molecule has 0 amide bonds. The first-order chi connectivity index (χ1) is 13.0. The van der Waals surface area contributed by atoms with E-state index in [0.717, 1.165) is 24.4 Å². The van der Waals surface area contributed by atoms with E-state index in [2.05, 4.69) is 16.7 Å². The van der Waals surface area contributed by atoms with E-state index in [-0.39, 0.29) is 12.4 Å². The number of aromatic nitrogens is 2. The molecule has 0 aliphatic rings. The van der Waals surface area contributed by atoms with Gasteiger partial charge in [-0.15, -0.1) is 0 Å². The van der Waals surface area contributed by atoms with Gasteiger partial charge in [0.2, 0.25) is 5.78 Å². The maximum absolute atomic E-state index is 12.6. The molecule has 0 saturated heterocycles. The van der Waals surface area contributed by atoms with E-state index in [1.165, 1.54) is 5.56 Å². The number of benzene rings is 1. The number of carbonyl (C=O) groups excluding carboxylic acids is 2. The van der Waals surface area contributed by atoms with Gasteiger partial charge in [-0.1, -0.05) is 30.3 Å². The first-order valence-electron chi connectivity index (χ1n) is 8.99. The molecule has 3 rings (SSSR count). The number of carbonyl (C=O) groups is 2. The largest absolute Gasteiger partial charge is 0.453 e. The second-order valence-electron chi connectivity index (χ2n) is 6.68. The molecule has 3 aromatic rings. The minimum Gasteiger partial charge on any atom is -0.453 e. The lowest BCUT2D eigenvalue weighted by Gasteiger charge is -2.10. The lowest BCUT2D eigenvalue weighted by Crippen LogP contribution is -2.17. The Balaban J connectivity index is 1.65. The van der Waals surface area contributed by atoms with E-state index < -0.39 is 5.97 Å². The number of rotatable bonds is 7. The van der Waals surface area contributed by atoms with Crippen LogP contribution in [0.15, 0.2) is 54.7 Å². The van der Waals surface area contributed by atoms with E-state index >= 15 is 0 Å². The SMILES string of the molecule is Cc1cc(C(=O)COC(=O)c2cccn2C)c(C)n1CCc1ccccc1. The third-order valence-electron chi connectivity index (χ3n) is 4.83. The summed E-state index contributed by atoms with van der Waals surface area (Å²) in [7, 11) is 1.76. The molecule has 27 heavy (non-hydrogen) atoms. The second-order valence-corrected chi connectivity index (χ2v) is 6.68. The topological polar surface area (TPSA) is 53.2 Å². The monoisotopic (exact) mass is 364 g/mol. The van der Waals surface area contributed by atoms with Gasteiger partial charge in [-0.3, -0.25) is 4.79 Å². The Morgan fingerprint density at radius 1 is 1.04 bits per heavy atom. The Bertz CT molecular complexity index is 951. The van der Waals surface area contributed by atoms with Crippen LogP contribution in [-0.2, 0) is 24.8 Å². The molecular formula is C22H24N2O3. The van der Waals surface area contributed by atoms with Gasteiger partial charge >= 0.3 is 5.97 Å². The lowest BCUT2D eigenvalue weighted by atomic mass is 10.1. The molecule has 0 fully saturated rings. The van der Waals surface area contributed by atoms with Crippen molar-refractivity contribution in [3.8, 4) is 0 Å². The fourth-order valence-corrected chi connectivity index (χ4v) is 3.27. The van der Waals surface area contributed by atoms with Crippen molar-refractivity contribution in [1.29, 1.82) is 0 Å². The van der Waals surface area contributed by atoms with E-state index in [1.54, 1.807) is 29.9 Å². The van der Waals surface area contributed by atoms with Crippen LogP contribution < -0.4 is 0 Å². The van der Waals surface area contributed by atoms with Gasteiger partial charge in [0.05, 0.1) is 0 Å². The van der Waals surface area contributed by atoms with E-state index in [0.29, 0.717) is 11.3 Å². The van der Waals surface area contributed by atoms with Crippen molar-refractivity contribution < 1.29 is 14.3 Å². The van der Waals surface area contributed by atoms with Gasteiger partial charge in [0, 0.05) is 36.7 Å². The van der Waals surface area contributed by atoms with Gasteiger partial charge in [0.1, 0.15) is 5.69 Å². The summed E-state index contributed by atoms with van der Waals surface area (Å²) in [6.45, 7) is 4.47. The minimum atomic E-state index is -0.492. The number of Topliss-reactive ketones (excluding diaryl/α,β-unsaturated/α-hetero) is 1. The van der Waals surface area contributed by atoms with Crippen molar-refractivity contribution in [3.63, 3.8) is 0 Å². The quantitative estimate of drug-likeness (QED) is 0.474. The molecule has 2 aromatic heterocycles. The minimum absolute atomic E-state index is 0.184. The first-order valence-corrected chi connectivity index (χ1v) is 8.99. The first kappa shape index (κ1) is 18.7. The molecule has 0 saturated carbocycles. The summed E-state index contributed by atoms with van der Waals surface area (Å²) in [5.74, 6) is -0.676. The molecule has 0 bridgehead atoms. The average molecular weight is 364 g/mol.